The third-order valence-corrected chi connectivity index (χ3v) is 9.12. The normalized spacial score (nSPS) is 13.2. The molecule has 1 aliphatic rings. The number of hydrogen-bond donors (Lipinski definition) is 0. The minimum atomic E-state index is -0.108. The maximum Gasteiger partial charge on any atom is 0.307 e. The van der Waals surface area contributed by atoms with Crippen LogP contribution in [0.3, 0.4) is 0 Å². The monoisotopic (exact) mass is 691 g/mol. The van der Waals surface area contributed by atoms with Gasteiger partial charge in [0.05, 0.1) is 6.42 Å². The topological polar surface area (TPSA) is 85.2 Å². The van der Waals surface area contributed by atoms with Crippen LogP contribution in [0.1, 0.15) is 174 Å². The molecule has 1 saturated heterocycles. The van der Waals surface area contributed by atoms with E-state index in [0.29, 0.717) is 39.0 Å². The van der Waals surface area contributed by atoms with Crippen molar-refractivity contribution >= 4 is 17.9 Å². The van der Waals surface area contributed by atoms with E-state index in [9.17, 15) is 14.4 Å². The number of hydrazine groups is 1. The maximum absolute atomic E-state index is 12.6. The number of carbonyl (C=O) groups is 3. The molecular formula is C41H74N2O6. The van der Waals surface area contributed by atoms with Crippen LogP contribution in [-0.2, 0) is 28.6 Å². The molecule has 8 nitrogen and oxygen atoms in total. The summed E-state index contributed by atoms with van der Waals surface area (Å²) in [5.74, 6) is -0.320. The van der Waals surface area contributed by atoms with E-state index in [4.69, 9.17) is 14.2 Å². The van der Waals surface area contributed by atoms with Gasteiger partial charge in [0.15, 0.2) is 0 Å². The van der Waals surface area contributed by atoms with Gasteiger partial charge in [-0.1, -0.05) is 115 Å². The number of unbranched alkanes of at least 4 members (excludes halogenated alkanes) is 16. The van der Waals surface area contributed by atoms with Crippen LogP contribution < -0.4 is 0 Å². The highest BCUT2D eigenvalue weighted by Gasteiger charge is 2.23. The van der Waals surface area contributed by atoms with Crippen LogP contribution in [0, 0.1) is 0 Å². The number of allylic oxidation sites excluding steroid dienone is 2. The molecule has 284 valence electrons. The van der Waals surface area contributed by atoms with Crippen molar-refractivity contribution in [1.82, 2.24) is 10.0 Å². The van der Waals surface area contributed by atoms with Crippen LogP contribution >= 0.6 is 0 Å². The van der Waals surface area contributed by atoms with Crippen LogP contribution in [0.15, 0.2) is 24.3 Å². The third-order valence-electron chi connectivity index (χ3n) is 9.12. The van der Waals surface area contributed by atoms with Gasteiger partial charge in [0.25, 0.3) is 0 Å². The molecule has 0 spiro atoms. The zero-order valence-corrected chi connectivity index (χ0v) is 31.9. The van der Waals surface area contributed by atoms with Gasteiger partial charge in [0.1, 0.15) is 19.3 Å². The zero-order valence-electron chi connectivity index (χ0n) is 31.9. The van der Waals surface area contributed by atoms with E-state index >= 15 is 0 Å². The predicted octanol–water partition coefficient (Wildman–Crippen LogP) is 10.1. The summed E-state index contributed by atoms with van der Waals surface area (Å²) < 4.78 is 16.6. The van der Waals surface area contributed by atoms with Gasteiger partial charge < -0.3 is 14.2 Å². The van der Waals surface area contributed by atoms with Crippen molar-refractivity contribution in [2.24, 2.45) is 0 Å². The van der Waals surface area contributed by atoms with Gasteiger partial charge in [-0.25, -0.2) is 10.0 Å². The summed E-state index contributed by atoms with van der Waals surface area (Å²) in [4.78, 5) is 36.7. The molecule has 8 heteroatoms. The van der Waals surface area contributed by atoms with Crippen molar-refractivity contribution in [2.45, 2.75) is 180 Å². The van der Waals surface area contributed by atoms with E-state index in [1.165, 1.54) is 51.4 Å². The fraction of sp³-hybridized carbons (Fsp3) is 0.829. The number of hydrogen-bond acceptors (Lipinski definition) is 8. The number of esters is 3. The summed E-state index contributed by atoms with van der Waals surface area (Å²) in [5, 5.41) is 4.33. The van der Waals surface area contributed by atoms with Gasteiger partial charge >= 0.3 is 17.9 Å². The molecule has 0 unspecified atom stereocenters. The van der Waals surface area contributed by atoms with Crippen LogP contribution in [0.5, 0.6) is 0 Å². The van der Waals surface area contributed by atoms with Crippen molar-refractivity contribution in [3.05, 3.63) is 24.3 Å². The highest BCUT2D eigenvalue weighted by Crippen LogP contribution is 2.18. The van der Waals surface area contributed by atoms with Crippen LogP contribution in [-0.4, -0.2) is 73.9 Å². The highest BCUT2D eigenvalue weighted by molar-refractivity contribution is 5.70. The number of nitrogens with zero attached hydrogens (tertiary/aromatic N) is 2. The van der Waals surface area contributed by atoms with Gasteiger partial charge in [-0.3, -0.25) is 14.4 Å². The molecule has 1 rings (SSSR count). The Bertz CT molecular complexity index is 820. The fourth-order valence-electron chi connectivity index (χ4n) is 5.81. The molecule has 0 saturated carbocycles. The molecule has 0 aromatic carbocycles. The molecule has 49 heavy (non-hydrogen) atoms. The molecule has 0 N–H and O–H groups in total. The Balaban J connectivity index is 2.18. The molecule has 0 aromatic rings. The zero-order chi connectivity index (χ0) is 35.6. The third kappa shape index (κ3) is 30.4. The molecule has 1 heterocycles. The molecule has 0 radical (unpaired) electrons. The Kier molecular flexibility index (Phi) is 30.2. The van der Waals surface area contributed by atoms with Crippen molar-refractivity contribution in [3.63, 3.8) is 0 Å². The Morgan fingerprint density at radius 3 is 1.49 bits per heavy atom. The summed E-state index contributed by atoms with van der Waals surface area (Å²) in [6, 6.07) is 0. The molecule has 0 aromatic heterocycles. The van der Waals surface area contributed by atoms with Crippen LogP contribution in [0.4, 0.5) is 0 Å². The standard InChI is InChI=1S/C41H74N2O6/c1-4-6-8-10-12-20-26-36-47-39(44)30-24-18-14-16-22-28-38(49-41(46)32-33-42(3)43-34-35-43)29-23-17-15-19-25-31-40(45)48-37-27-21-13-11-9-7-5-2/h20-21,26-27,38H,4-19,22-25,28-37H2,1-3H3/b26-20-,27-21-. The minimum absolute atomic E-state index is 0.0385. The van der Waals surface area contributed by atoms with Crippen molar-refractivity contribution < 1.29 is 28.6 Å². The van der Waals surface area contributed by atoms with Crippen molar-refractivity contribution in [3.8, 4) is 0 Å². The Hall–Kier alpha value is -2.19. The largest absolute Gasteiger partial charge is 0.462 e. The van der Waals surface area contributed by atoms with E-state index < -0.39 is 0 Å². The summed E-state index contributed by atoms with van der Waals surface area (Å²) in [6.45, 7) is 8.04. The highest BCUT2D eigenvalue weighted by atomic mass is 16.5. The molecular weight excluding hydrogens is 616 g/mol. The number of rotatable bonds is 35. The lowest BCUT2D eigenvalue weighted by Crippen LogP contribution is -2.29. The Morgan fingerprint density at radius 2 is 1.02 bits per heavy atom. The van der Waals surface area contributed by atoms with Gasteiger partial charge in [-0.2, -0.15) is 0 Å². The van der Waals surface area contributed by atoms with Gasteiger partial charge in [-0.15, -0.1) is 0 Å². The lowest BCUT2D eigenvalue weighted by molar-refractivity contribution is -0.150. The summed E-state index contributed by atoms with van der Waals surface area (Å²) in [6.07, 6.45) is 33.5. The molecule has 0 atom stereocenters. The average molecular weight is 691 g/mol. The second-order valence-electron chi connectivity index (χ2n) is 13.8. The Labute approximate surface area is 300 Å². The van der Waals surface area contributed by atoms with E-state index in [0.717, 1.165) is 103 Å². The van der Waals surface area contributed by atoms with Crippen molar-refractivity contribution in [1.29, 1.82) is 0 Å². The lowest BCUT2D eigenvalue weighted by Gasteiger charge is -2.20. The van der Waals surface area contributed by atoms with Gasteiger partial charge in [0, 0.05) is 39.5 Å². The second-order valence-corrected chi connectivity index (χ2v) is 13.8. The predicted molar refractivity (Wildman–Crippen MR) is 201 cm³/mol. The quantitative estimate of drug-likeness (QED) is 0.0214. The van der Waals surface area contributed by atoms with Gasteiger partial charge in [0.2, 0.25) is 0 Å². The van der Waals surface area contributed by atoms with Crippen LogP contribution in [0.25, 0.3) is 0 Å². The first kappa shape index (κ1) is 44.8. The fourth-order valence-corrected chi connectivity index (χ4v) is 5.81. The minimum Gasteiger partial charge on any atom is -0.462 e. The van der Waals surface area contributed by atoms with E-state index in [1.807, 2.05) is 19.2 Å². The van der Waals surface area contributed by atoms with E-state index in [1.54, 1.807) is 0 Å². The summed E-state index contributed by atoms with van der Waals surface area (Å²) >= 11 is 0. The van der Waals surface area contributed by atoms with E-state index in [2.05, 4.69) is 36.0 Å². The summed E-state index contributed by atoms with van der Waals surface area (Å²) in [7, 11) is 2.03. The lowest BCUT2D eigenvalue weighted by atomic mass is 10.0. The molecule has 0 bridgehead atoms. The molecule has 0 aliphatic carbocycles. The first-order chi connectivity index (χ1) is 24.0. The molecule has 0 amide bonds. The molecule has 1 fully saturated rings. The number of carbonyl (C=O) groups excluding carboxylic acids is 3. The van der Waals surface area contributed by atoms with Crippen molar-refractivity contribution in [2.75, 3.05) is 39.9 Å². The van der Waals surface area contributed by atoms with Gasteiger partial charge in [-0.05, 0) is 64.2 Å². The second kappa shape index (κ2) is 33.0. The average Bonchev–Trinajstić information content (AvgIpc) is 3.94. The molecule has 1 aliphatic heterocycles. The first-order valence-electron chi connectivity index (χ1n) is 20.2. The van der Waals surface area contributed by atoms with E-state index in [-0.39, 0.29) is 24.0 Å². The Morgan fingerprint density at radius 1 is 0.571 bits per heavy atom. The number of ether oxygens (including phenoxy) is 3. The SMILES string of the molecule is CCCCCC/C=C\COC(=O)CCCCCCCC(CCCCCCCC(=O)OC/C=C\CCCCCC)OC(=O)CCN(C)N1CC1. The summed E-state index contributed by atoms with van der Waals surface area (Å²) in [5.41, 5.74) is 0. The maximum atomic E-state index is 12.6. The van der Waals surface area contributed by atoms with Crippen LogP contribution in [0.2, 0.25) is 0 Å². The first-order valence-corrected chi connectivity index (χ1v) is 20.2. The smallest absolute Gasteiger partial charge is 0.307 e.